The second kappa shape index (κ2) is 6.68. The van der Waals surface area contributed by atoms with Gasteiger partial charge in [-0.3, -0.25) is 0 Å². The number of rotatable bonds is 7. The van der Waals surface area contributed by atoms with Crippen LogP contribution in [0.5, 0.6) is 0 Å². The van der Waals surface area contributed by atoms with Gasteiger partial charge in [0.1, 0.15) is 0 Å². The zero-order chi connectivity index (χ0) is 14.5. The molecular formula is C13H19NO4S. The molecule has 0 saturated heterocycles. The number of aromatic carboxylic acids is 1. The fraction of sp³-hybridized carbons (Fsp3) is 0.462. The third kappa shape index (κ3) is 3.78. The van der Waals surface area contributed by atoms with Gasteiger partial charge in [-0.15, -0.1) is 0 Å². The predicted octanol–water partition coefficient (Wildman–Crippen LogP) is 2.20. The summed E-state index contributed by atoms with van der Waals surface area (Å²) < 4.78 is 26.2. The van der Waals surface area contributed by atoms with Crippen molar-refractivity contribution in [3.8, 4) is 0 Å². The van der Waals surface area contributed by atoms with E-state index >= 15 is 0 Å². The van der Waals surface area contributed by atoms with Crippen LogP contribution in [-0.2, 0) is 10.0 Å². The van der Waals surface area contributed by atoms with E-state index in [-0.39, 0.29) is 10.5 Å². The Morgan fingerprint density at radius 2 is 1.58 bits per heavy atom. The van der Waals surface area contributed by atoms with E-state index in [1.54, 1.807) is 0 Å². The molecule has 0 aromatic heterocycles. The van der Waals surface area contributed by atoms with Crippen molar-refractivity contribution in [3.05, 3.63) is 29.8 Å². The summed E-state index contributed by atoms with van der Waals surface area (Å²) in [5, 5.41) is 8.80. The van der Waals surface area contributed by atoms with Gasteiger partial charge < -0.3 is 5.11 Å². The van der Waals surface area contributed by atoms with Crippen molar-refractivity contribution in [3.63, 3.8) is 0 Å². The van der Waals surface area contributed by atoms with Gasteiger partial charge >= 0.3 is 5.97 Å². The van der Waals surface area contributed by atoms with Gasteiger partial charge in [-0.1, -0.05) is 13.8 Å². The molecule has 0 heterocycles. The van der Waals surface area contributed by atoms with Gasteiger partial charge in [0, 0.05) is 13.1 Å². The average molecular weight is 286 g/mol. The van der Waals surface area contributed by atoms with Gasteiger partial charge in [-0.25, -0.2) is 13.2 Å². The SMILES string of the molecule is CCCN(CCC)S(=O)(=O)c1ccc([13C](=O)O)cc1. The third-order valence-corrected chi connectivity index (χ3v) is 4.60. The number of hydrogen-bond acceptors (Lipinski definition) is 3. The van der Waals surface area contributed by atoms with Crippen LogP contribution in [0.1, 0.15) is 37.0 Å². The molecule has 5 nitrogen and oxygen atoms in total. The number of hydrogen-bond donors (Lipinski definition) is 1. The average Bonchev–Trinajstić information content (AvgIpc) is 2.38. The van der Waals surface area contributed by atoms with E-state index in [1.807, 2.05) is 13.8 Å². The first-order valence-corrected chi connectivity index (χ1v) is 7.71. The highest BCUT2D eigenvalue weighted by molar-refractivity contribution is 7.89. The maximum Gasteiger partial charge on any atom is 0.335 e. The molecule has 1 N–H and O–H groups in total. The van der Waals surface area contributed by atoms with Gasteiger partial charge in [0.2, 0.25) is 10.0 Å². The first kappa shape index (κ1) is 15.7. The third-order valence-electron chi connectivity index (χ3n) is 2.69. The van der Waals surface area contributed by atoms with E-state index in [4.69, 9.17) is 5.11 Å². The molecule has 19 heavy (non-hydrogen) atoms. The minimum atomic E-state index is -3.53. The highest BCUT2D eigenvalue weighted by Crippen LogP contribution is 2.17. The molecule has 1 aromatic carbocycles. The molecule has 1 aromatic rings. The Bertz CT molecular complexity index is 516. The highest BCUT2D eigenvalue weighted by Gasteiger charge is 2.23. The molecule has 0 fully saturated rings. The van der Waals surface area contributed by atoms with Crippen LogP contribution < -0.4 is 0 Å². The number of carboxylic acids is 1. The largest absolute Gasteiger partial charge is 0.478 e. The maximum absolute atomic E-state index is 12.4. The van der Waals surface area contributed by atoms with Crippen LogP contribution in [0.25, 0.3) is 0 Å². The molecule has 0 radical (unpaired) electrons. The van der Waals surface area contributed by atoms with E-state index in [9.17, 15) is 13.2 Å². The van der Waals surface area contributed by atoms with Gasteiger partial charge in [-0.05, 0) is 37.1 Å². The number of benzene rings is 1. The summed E-state index contributed by atoms with van der Waals surface area (Å²) in [5.74, 6) is -1.07. The molecule has 0 atom stereocenters. The quantitative estimate of drug-likeness (QED) is 0.780. The Hall–Kier alpha value is -1.40. The molecule has 0 amide bonds. The Balaban J connectivity index is 3.07. The van der Waals surface area contributed by atoms with Crippen molar-refractivity contribution in [2.75, 3.05) is 13.1 Å². The van der Waals surface area contributed by atoms with Crippen LogP contribution in [0.3, 0.4) is 0 Å². The lowest BCUT2D eigenvalue weighted by atomic mass is 10.3. The lowest BCUT2D eigenvalue weighted by Crippen LogP contribution is -2.32. The normalized spacial score (nSPS) is 11.7. The van der Waals surface area contributed by atoms with Crippen molar-refractivity contribution < 1.29 is 18.3 Å². The fourth-order valence-corrected chi connectivity index (χ4v) is 3.39. The topological polar surface area (TPSA) is 74.7 Å². The van der Waals surface area contributed by atoms with Crippen LogP contribution in [-0.4, -0.2) is 36.9 Å². The van der Waals surface area contributed by atoms with Crippen LogP contribution in [0, 0.1) is 0 Å². The van der Waals surface area contributed by atoms with Gasteiger partial charge in [0.15, 0.2) is 0 Å². The van der Waals surface area contributed by atoms with Crippen LogP contribution in [0.4, 0.5) is 0 Å². The molecule has 0 saturated carbocycles. The number of carboxylic acid groups (broad SMARTS) is 1. The van der Waals surface area contributed by atoms with Crippen molar-refractivity contribution >= 4 is 16.0 Å². The molecule has 106 valence electrons. The summed E-state index contributed by atoms with van der Waals surface area (Å²) in [6, 6.07) is 5.31. The highest BCUT2D eigenvalue weighted by atomic mass is 32.2. The number of nitrogens with zero attached hydrogens (tertiary/aromatic N) is 1. The zero-order valence-corrected chi connectivity index (χ0v) is 12.0. The van der Waals surface area contributed by atoms with Gasteiger partial charge in [-0.2, -0.15) is 4.31 Å². The summed E-state index contributed by atoms with van der Waals surface area (Å²) in [4.78, 5) is 10.9. The molecule has 0 aliphatic rings. The summed E-state index contributed by atoms with van der Waals surface area (Å²) in [6.45, 7) is 4.78. The van der Waals surface area contributed by atoms with Gasteiger partial charge in [0.25, 0.3) is 0 Å². The Kier molecular flexibility index (Phi) is 5.50. The first-order valence-electron chi connectivity index (χ1n) is 6.27. The lowest BCUT2D eigenvalue weighted by molar-refractivity contribution is 0.0696. The number of carbonyl (C=O) groups is 1. The molecular weight excluding hydrogens is 267 g/mol. The number of sulfonamides is 1. The molecule has 0 bridgehead atoms. The second-order valence-corrected chi connectivity index (χ2v) is 6.17. The standard InChI is InChI=1S/C13H19NO4S/c1-3-9-14(10-4-2)19(17,18)12-7-5-11(6-8-12)13(15)16/h5-8H,3-4,9-10H2,1-2H3,(H,15,16)/i13+1. The molecule has 0 aliphatic heterocycles. The van der Waals surface area contributed by atoms with E-state index in [1.165, 1.54) is 28.6 Å². The van der Waals surface area contributed by atoms with Crippen LogP contribution in [0.2, 0.25) is 0 Å². The molecule has 6 heteroatoms. The maximum atomic E-state index is 12.4. The zero-order valence-electron chi connectivity index (χ0n) is 11.2. The lowest BCUT2D eigenvalue weighted by Gasteiger charge is -2.20. The van der Waals surface area contributed by atoms with E-state index in [2.05, 4.69) is 0 Å². The second-order valence-electron chi connectivity index (χ2n) is 4.23. The first-order chi connectivity index (χ1) is 8.93. The minimum absolute atomic E-state index is 0.0801. The Morgan fingerprint density at radius 1 is 1.11 bits per heavy atom. The van der Waals surface area contributed by atoms with E-state index < -0.39 is 16.0 Å². The van der Waals surface area contributed by atoms with Crippen molar-refractivity contribution in [2.24, 2.45) is 0 Å². The summed E-state index contributed by atoms with van der Waals surface area (Å²) in [5.41, 5.74) is 0.0801. The van der Waals surface area contributed by atoms with Crippen LogP contribution >= 0.6 is 0 Å². The molecule has 0 spiro atoms. The van der Waals surface area contributed by atoms with E-state index in [0.717, 1.165) is 12.8 Å². The Labute approximate surface area is 113 Å². The smallest absolute Gasteiger partial charge is 0.335 e. The monoisotopic (exact) mass is 286 g/mol. The van der Waals surface area contributed by atoms with Crippen molar-refractivity contribution in [1.29, 1.82) is 0 Å². The predicted molar refractivity (Wildman–Crippen MR) is 72.7 cm³/mol. The van der Waals surface area contributed by atoms with Crippen molar-refractivity contribution in [2.45, 2.75) is 31.6 Å². The fourth-order valence-electron chi connectivity index (χ4n) is 1.77. The van der Waals surface area contributed by atoms with Gasteiger partial charge in [0.05, 0.1) is 10.5 Å². The van der Waals surface area contributed by atoms with Crippen molar-refractivity contribution in [1.82, 2.24) is 4.31 Å². The minimum Gasteiger partial charge on any atom is -0.478 e. The molecule has 0 unspecified atom stereocenters. The molecule has 1 rings (SSSR count). The van der Waals surface area contributed by atoms with E-state index in [0.29, 0.717) is 13.1 Å². The molecule has 0 aliphatic carbocycles. The summed E-state index contributed by atoms with van der Waals surface area (Å²) in [6.07, 6.45) is 1.48. The Morgan fingerprint density at radius 3 is 1.95 bits per heavy atom. The summed E-state index contributed by atoms with van der Waals surface area (Å²) in [7, 11) is -3.53. The van der Waals surface area contributed by atoms with Crippen LogP contribution in [0.15, 0.2) is 29.2 Å². The summed E-state index contributed by atoms with van der Waals surface area (Å²) >= 11 is 0.